The van der Waals surface area contributed by atoms with Gasteiger partial charge < -0.3 is 106 Å². The molecule has 59 heavy (non-hydrogen) atoms. The molecule has 0 unspecified atom stereocenters. The number of aliphatic hydroxyl groups excluding tert-OH is 9. The van der Waals surface area contributed by atoms with Crippen LogP contribution in [0.25, 0.3) is 0 Å². The molecule has 0 aromatic rings. The summed E-state index contributed by atoms with van der Waals surface area (Å²) in [6.45, 7) is 3.01. The molecule has 0 spiro atoms. The Labute approximate surface area is 340 Å². The third kappa shape index (κ3) is 12.2. The zero-order chi connectivity index (χ0) is 43.7. The lowest BCUT2D eigenvalue weighted by Crippen LogP contribution is -2.71. The monoisotopic (exact) mass is 858 g/mol. The van der Waals surface area contributed by atoms with Crippen LogP contribution in [0.3, 0.4) is 0 Å². The van der Waals surface area contributed by atoms with Crippen molar-refractivity contribution in [2.45, 2.75) is 170 Å². The van der Waals surface area contributed by atoms with Crippen molar-refractivity contribution in [1.29, 1.82) is 0 Å². The lowest BCUT2D eigenvalue weighted by atomic mass is 9.93. The van der Waals surface area contributed by atoms with Gasteiger partial charge in [0.05, 0.1) is 25.9 Å². The molecule has 4 aliphatic heterocycles. The van der Waals surface area contributed by atoms with E-state index in [4.69, 9.17) is 43.6 Å². The van der Waals surface area contributed by atoms with E-state index < -0.39 is 160 Å². The number of rotatable bonds is 18. The highest BCUT2D eigenvalue weighted by Gasteiger charge is 2.56. The Morgan fingerprint density at radius 1 is 0.525 bits per heavy atom. The predicted octanol–water partition coefficient (Wildman–Crippen LogP) is -7.14. The summed E-state index contributed by atoms with van der Waals surface area (Å²) in [5, 5.41) is 104. The van der Waals surface area contributed by atoms with Gasteiger partial charge in [-0.1, -0.05) is 0 Å². The molecule has 3 amide bonds. The number of nitrogens with two attached hydrogens (primary N) is 1. The summed E-state index contributed by atoms with van der Waals surface area (Å²) in [5.41, 5.74) is 5.52. The Morgan fingerprint density at radius 3 is 1.51 bits per heavy atom. The highest BCUT2D eigenvalue weighted by atomic mass is 16.8. The van der Waals surface area contributed by atoms with Gasteiger partial charge in [-0.15, -0.1) is 0 Å². The van der Waals surface area contributed by atoms with Gasteiger partial charge in [-0.05, 0) is 32.7 Å². The van der Waals surface area contributed by atoms with Crippen LogP contribution in [0.2, 0.25) is 0 Å². The Bertz CT molecular complexity index is 1340. The molecule has 0 aliphatic carbocycles. The van der Waals surface area contributed by atoms with Gasteiger partial charge in [-0.2, -0.15) is 0 Å². The van der Waals surface area contributed by atoms with E-state index in [1.54, 1.807) is 0 Å². The molecule has 342 valence electrons. The summed E-state index contributed by atoms with van der Waals surface area (Å²) in [4.78, 5) is 37.4. The van der Waals surface area contributed by atoms with Crippen molar-refractivity contribution in [3.05, 3.63) is 0 Å². The van der Waals surface area contributed by atoms with E-state index in [0.717, 1.165) is 33.6 Å². The number of amides is 3. The molecular formula is C35H62N4O20. The highest BCUT2D eigenvalue weighted by Crippen LogP contribution is 2.35. The first kappa shape index (κ1) is 49.3. The predicted molar refractivity (Wildman–Crippen MR) is 194 cm³/mol. The molecule has 4 saturated heterocycles. The number of unbranched alkanes of at least 4 members (excludes halogenated alkanes) is 2. The van der Waals surface area contributed by atoms with E-state index in [0.29, 0.717) is 13.0 Å². The van der Waals surface area contributed by atoms with Crippen molar-refractivity contribution in [2.24, 2.45) is 5.73 Å². The first-order valence-corrected chi connectivity index (χ1v) is 19.6. The van der Waals surface area contributed by atoms with Gasteiger partial charge in [-0.3, -0.25) is 14.4 Å². The van der Waals surface area contributed by atoms with Crippen LogP contribution >= 0.6 is 0 Å². The fourth-order valence-electron chi connectivity index (χ4n) is 7.44. The maximum absolute atomic E-state index is 12.7. The average Bonchev–Trinajstić information content (AvgIpc) is 3.18. The van der Waals surface area contributed by atoms with Crippen LogP contribution in [-0.2, 0) is 52.3 Å². The van der Waals surface area contributed by atoms with Crippen LogP contribution in [0.1, 0.15) is 47.0 Å². The van der Waals surface area contributed by atoms with Gasteiger partial charge in [0, 0.05) is 27.4 Å². The van der Waals surface area contributed by atoms with Crippen molar-refractivity contribution >= 4 is 17.7 Å². The summed E-state index contributed by atoms with van der Waals surface area (Å²) in [5.74, 6) is -2.07. The molecular weight excluding hydrogens is 796 g/mol. The van der Waals surface area contributed by atoms with Crippen molar-refractivity contribution in [3.63, 3.8) is 0 Å². The lowest BCUT2D eigenvalue weighted by molar-refractivity contribution is -0.363. The fraction of sp³-hybridized carbons (Fsp3) is 0.914. The van der Waals surface area contributed by atoms with Crippen molar-refractivity contribution in [3.8, 4) is 0 Å². The molecule has 14 N–H and O–H groups in total. The largest absolute Gasteiger partial charge is 0.394 e. The van der Waals surface area contributed by atoms with Crippen LogP contribution in [-0.4, -0.2) is 219 Å². The minimum absolute atomic E-state index is 0.144. The van der Waals surface area contributed by atoms with Gasteiger partial charge in [0.15, 0.2) is 25.2 Å². The highest BCUT2D eigenvalue weighted by molar-refractivity contribution is 5.74. The van der Waals surface area contributed by atoms with Gasteiger partial charge in [0.25, 0.3) is 0 Å². The summed E-state index contributed by atoms with van der Waals surface area (Å²) < 4.78 is 47.4. The Morgan fingerprint density at radius 2 is 0.983 bits per heavy atom. The third-order valence-electron chi connectivity index (χ3n) is 10.5. The van der Waals surface area contributed by atoms with Crippen LogP contribution in [0.5, 0.6) is 0 Å². The lowest BCUT2D eigenvalue weighted by Gasteiger charge is -2.51. The van der Waals surface area contributed by atoms with Gasteiger partial charge in [0.2, 0.25) is 17.7 Å². The van der Waals surface area contributed by atoms with E-state index in [-0.39, 0.29) is 6.61 Å². The number of carbonyl (C=O) groups excluding carboxylic acids is 3. The quantitative estimate of drug-likeness (QED) is 0.0570. The molecule has 20 atom stereocenters. The summed E-state index contributed by atoms with van der Waals surface area (Å²) in [6, 6.07) is -4.49. The minimum Gasteiger partial charge on any atom is -0.394 e. The SMILES string of the molecule is CC(=O)N[C@@H]1[C@H](O[C@@H]2[C@H](O)[C@H](C)O[C@@H](O[C@H]3[C@@H](O)[C@@H](CO)O[C@H](O[C@@H]4[C@H](O)[C@@H](O)[C@@H](OCCCCCN)O[C@@H]4CO)[C@@H]3NC(C)=O)[C@H]2NC(C)=O)O[C@H](CO)[C@@H](O)[C@@H]1O. The summed E-state index contributed by atoms with van der Waals surface area (Å²) in [7, 11) is 0. The number of carbonyl (C=O) groups is 3. The van der Waals surface area contributed by atoms with Crippen LogP contribution in [0.15, 0.2) is 0 Å². The minimum atomic E-state index is -1.78. The fourth-order valence-corrected chi connectivity index (χ4v) is 7.44. The van der Waals surface area contributed by atoms with Crippen molar-refractivity contribution in [2.75, 3.05) is 33.0 Å². The molecule has 4 rings (SSSR count). The van der Waals surface area contributed by atoms with E-state index in [1.165, 1.54) is 6.92 Å². The maximum Gasteiger partial charge on any atom is 0.217 e. The molecule has 24 nitrogen and oxygen atoms in total. The van der Waals surface area contributed by atoms with Crippen molar-refractivity contribution < 1.29 is 98.2 Å². The Kier molecular flexibility index (Phi) is 19.0. The third-order valence-corrected chi connectivity index (χ3v) is 10.5. The first-order valence-electron chi connectivity index (χ1n) is 19.6. The second kappa shape index (κ2) is 22.7. The Balaban J connectivity index is 1.64. The second-order valence-electron chi connectivity index (χ2n) is 15.0. The first-order chi connectivity index (χ1) is 28.0. The van der Waals surface area contributed by atoms with E-state index in [9.17, 15) is 60.3 Å². The van der Waals surface area contributed by atoms with Crippen molar-refractivity contribution in [1.82, 2.24) is 16.0 Å². The normalized spacial score (nSPS) is 42.8. The molecule has 24 heteroatoms. The number of hydrogen-bond acceptors (Lipinski definition) is 21. The molecule has 0 radical (unpaired) electrons. The van der Waals surface area contributed by atoms with Crippen LogP contribution in [0.4, 0.5) is 0 Å². The maximum atomic E-state index is 12.7. The standard InChI is InChI=1S/C35H62N4O20/c1-13-23(46)30(58-32-20(37-14(2)43)26(49)24(47)17(10-40)54-32)21(38-15(3)44)33(53-13)59-31-22(39-16(4)45)34(55-18(11-41)25(31)48)57-29-19(12-42)56-35(28(51)27(29)50)52-9-7-5-6-8-36/h13,17-35,40-42,46-51H,5-12,36H2,1-4H3,(H,37,43)(H,38,44)(H,39,45)/t13-,17+,18+,19+,20-,21-,22+,23+,24+,25-,26+,27+,28+,29-,30-,31+,32-,33-,34+,35-/m0/s1. The van der Waals surface area contributed by atoms with Gasteiger partial charge in [0.1, 0.15) is 91.4 Å². The smallest absolute Gasteiger partial charge is 0.217 e. The van der Waals surface area contributed by atoms with E-state index >= 15 is 0 Å². The van der Waals surface area contributed by atoms with E-state index in [1.807, 2.05) is 0 Å². The van der Waals surface area contributed by atoms with Gasteiger partial charge in [-0.25, -0.2) is 0 Å². The van der Waals surface area contributed by atoms with Crippen LogP contribution < -0.4 is 21.7 Å². The van der Waals surface area contributed by atoms with E-state index in [2.05, 4.69) is 16.0 Å². The molecule has 0 saturated carbocycles. The molecule has 4 fully saturated rings. The number of hydrogen-bond donors (Lipinski definition) is 13. The topological polar surface area (TPSA) is 369 Å². The Hall–Kier alpha value is -2.31. The molecule has 0 bridgehead atoms. The summed E-state index contributed by atoms with van der Waals surface area (Å²) in [6.07, 6.45) is -24.8. The van der Waals surface area contributed by atoms with Crippen LogP contribution in [0, 0.1) is 0 Å². The molecule has 0 aromatic heterocycles. The number of aliphatic hydroxyl groups is 9. The van der Waals surface area contributed by atoms with Gasteiger partial charge >= 0.3 is 0 Å². The zero-order valence-corrected chi connectivity index (χ0v) is 33.3. The molecule has 0 aromatic carbocycles. The number of nitrogens with one attached hydrogen (secondary N) is 3. The number of ether oxygens (including phenoxy) is 8. The second-order valence-corrected chi connectivity index (χ2v) is 15.0. The molecule has 4 aliphatic rings. The molecule has 4 heterocycles. The zero-order valence-electron chi connectivity index (χ0n) is 33.3. The summed E-state index contributed by atoms with van der Waals surface area (Å²) >= 11 is 0. The average molecular weight is 859 g/mol.